The van der Waals surface area contributed by atoms with Gasteiger partial charge in [-0.25, -0.2) is 0 Å². The second-order valence-corrected chi connectivity index (χ2v) is 6.90. The maximum Gasteiger partial charge on any atom is 0.0722 e. The Morgan fingerprint density at radius 3 is 2.79 bits per heavy atom. The molecule has 0 spiro atoms. The molecule has 0 bridgehead atoms. The molecular formula is C17H25NO. The van der Waals surface area contributed by atoms with Gasteiger partial charge in [-0.05, 0) is 53.5 Å². The molecule has 1 saturated heterocycles. The van der Waals surface area contributed by atoms with Crippen LogP contribution in [0.4, 0.5) is 0 Å². The highest BCUT2D eigenvalue weighted by Gasteiger charge is 2.26. The van der Waals surface area contributed by atoms with Crippen molar-refractivity contribution in [3.8, 4) is 0 Å². The molecule has 1 aromatic carbocycles. The fourth-order valence-electron chi connectivity index (χ4n) is 3.21. The molecule has 0 amide bonds. The van der Waals surface area contributed by atoms with Crippen LogP contribution in [0.1, 0.15) is 61.9 Å². The monoisotopic (exact) mass is 259 g/mol. The van der Waals surface area contributed by atoms with Gasteiger partial charge in [0.1, 0.15) is 0 Å². The van der Waals surface area contributed by atoms with Gasteiger partial charge in [-0.2, -0.15) is 0 Å². The first-order valence-corrected chi connectivity index (χ1v) is 7.53. The van der Waals surface area contributed by atoms with Gasteiger partial charge in [-0.1, -0.05) is 32.9 Å². The third kappa shape index (κ3) is 2.56. The maximum atomic E-state index is 5.69. The first kappa shape index (κ1) is 13.1. The van der Waals surface area contributed by atoms with Crippen LogP contribution in [0.5, 0.6) is 0 Å². The van der Waals surface area contributed by atoms with Crippen LogP contribution in [0.15, 0.2) is 12.1 Å². The van der Waals surface area contributed by atoms with Crippen molar-refractivity contribution >= 4 is 0 Å². The van der Waals surface area contributed by atoms with E-state index in [1.54, 1.807) is 0 Å². The van der Waals surface area contributed by atoms with E-state index in [9.17, 15) is 0 Å². The highest BCUT2D eigenvalue weighted by molar-refractivity contribution is 5.44. The number of fused-ring (bicyclic) bond motifs is 1. The minimum absolute atomic E-state index is 0.223. The molecular weight excluding hydrogens is 234 g/mol. The number of ether oxygens (including phenoxy) is 1. The minimum Gasteiger partial charge on any atom is -0.376 e. The Bertz CT molecular complexity index is 467. The smallest absolute Gasteiger partial charge is 0.0722 e. The van der Waals surface area contributed by atoms with E-state index >= 15 is 0 Å². The molecule has 0 aliphatic carbocycles. The van der Waals surface area contributed by atoms with Gasteiger partial charge >= 0.3 is 0 Å². The third-order valence-corrected chi connectivity index (χ3v) is 4.44. The molecule has 1 unspecified atom stereocenters. The van der Waals surface area contributed by atoms with Crippen LogP contribution in [0, 0.1) is 0 Å². The third-order valence-electron chi connectivity index (χ3n) is 4.44. The molecule has 1 N–H and O–H groups in total. The number of rotatable bonds is 1. The van der Waals surface area contributed by atoms with Crippen LogP contribution in [0.3, 0.4) is 0 Å². The van der Waals surface area contributed by atoms with Gasteiger partial charge in [0.15, 0.2) is 0 Å². The SMILES string of the molecule is CC(C)(C)c1cc2c(c(C3CCCN3)c1)COCC2. The summed E-state index contributed by atoms with van der Waals surface area (Å²) in [5.41, 5.74) is 6.17. The van der Waals surface area contributed by atoms with Crippen molar-refractivity contribution in [1.29, 1.82) is 0 Å². The van der Waals surface area contributed by atoms with Crippen molar-refractivity contribution in [3.05, 3.63) is 34.4 Å². The summed E-state index contributed by atoms with van der Waals surface area (Å²) in [6.07, 6.45) is 3.62. The molecule has 0 radical (unpaired) electrons. The van der Waals surface area contributed by atoms with E-state index in [0.717, 1.165) is 26.2 Å². The molecule has 104 valence electrons. The summed E-state index contributed by atoms with van der Waals surface area (Å²) in [5.74, 6) is 0. The van der Waals surface area contributed by atoms with Crippen molar-refractivity contribution < 1.29 is 4.74 Å². The molecule has 2 aliphatic rings. The molecule has 2 nitrogen and oxygen atoms in total. The average Bonchev–Trinajstić information content (AvgIpc) is 2.90. The zero-order valence-electron chi connectivity index (χ0n) is 12.4. The average molecular weight is 259 g/mol. The Kier molecular flexibility index (Phi) is 3.40. The quantitative estimate of drug-likeness (QED) is 0.833. The van der Waals surface area contributed by atoms with Crippen LogP contribution in [0.2, 0.25) is 0 Å². The van der Waals surface area contributed by atoms with Crippen molar-refractivity contribution in [2.24, 2.45) is 0 Å². The van der Waals surface area contributed by atoms with Crippen LogP contribution in [-0.4, -0.2) is 13.2 Å². The van der Waals surface area contributed by atoms with Crippen molar-refractivity contribution in [1.82, 2.24) is 5.32 Å². The summed E-state index contributed by atoms with van der Waals surface area (Å²) >= 11 is 0. The Morgan fingerprint density at radius 2 is 2.11 bits per heavy atom. The second kappa shape index (κ2) is 4.92. The van der Waals surface area contributed by atoms with Gasteiger partial charge < -0.3 is 10.1 Å². The van der Waals surface area contributed by atoms with E-state index in [0.29, 0.717) is 6.04 Å². The van der Waals surface area contributed by atoms with Gasteiger partial charge in [0.25, 0.3) is 0 Å². The fraction of sp³-hybridized carbons (Fsp3) is 0.647. The van der Waals surface area contributed by atoms with Crippen LogP contribution in [0.25, 0.3) is 0 Å². The summed E-state index contributed by atoms with van der Waals surface area (Å²) in [7, 11) is 0. The van der Waals surface area contributed by atoms with E-state index in [1.807, 2.05) is 0 Å². The summed E-state index contributed by atoms with van der Waals surface area (Å²) in [6, 6.07) is 5.38. The van der Waals surface area contributed by atoms with Crippen LogP contribution < -0.4 is 5.32 Å². The highest BCUT2D eigenvalue weighted by Crippen LogP contribution is 2.35. The van der Waals surface area contributed by atoms with Gasteiger partial charge in [-0.15, -0.1) is 0 Å². The zero-order valence-corrected chi connectivity index (χ0v) is 12.4. The Hall–Kier alpha value is -0.860. The van der Waals surface area contributed by atoms with Gasteiger partial charge in [0.2, 0.25) is 0 Å². The maximum absolute atomic E-state index is 5.69. The fourth-order valence-corrected chi connectivity index (χ4v) is 3.21. The second-order valence-electron chi connectivity index (χ2n) is 6.90. The standard InChI is InChI=1S/C17H25NO/c1-17(2,3)13-9-12-6-8-19-11-15(12)14(10-13)16-5-4-7-18-16/h9-10,16,18H,4-8,11H2,1-3H3. The molecule has 0 aromatic heterocycles. The summed E-state index contributed by atoms with van der Waals surface area (Å²) in [5, 5.41) is 3.65. The summed E-state index contributed by atoms with van der Waals surface area (Å²) < 4.78 is 5.69. The molecule has 2 aliphatic heterocycles. The van der Waals surface area contributed by atoms with Crippen LogP contribution >= 0.6 is 0 Å². The molecule has 1 aromatic rings. The Labute approximate surface area is 116 Å². The molecule has 2 heteroatoms. The van der Waals surface area contributed by atoms with Gasteiger partial charge in [-0.3, -0.25) is 0 Å². The number of hydrogen-bond donors (Lipinski definition) is 1. The molecule has 1 atom stereocenters. The largest absolute Gasteiger partial charge is 0.376 e. The van der Waals surface area contributed by atoms with E-state index in [4.69, 9.17) is 4.74 Å². The topological polar surface area (TPSA) is 21.3 Å². The van der Waals surface area contributed by atoms with E-state index < -0.39 is 0 Å². The highest BCUT2D eigenvalue weighted by atomic mass is 16.5. The lowest BCUT2D eigenvalue weighted by Gasteiger charge is -2.28. The first-order chi connectivity index (χ1) is 9.05. The number of benzene rings is 1. The molecule has 1 fully saturated rings. The van der Waals surface area contributed by atoms with Crippen molar-refractivity contribution in [3.63, 3.8) is 0 Å². The zero-order chi connectivity index (χ0) is 13.5. The Balaban J connectivity index is 2.08. The Morgan fingerprint density at radius 1 is 1.26 bits per heavy atom. The summed E-state index contributed by atoms with van der Waals surface area (Å²) in [4.78, 5) is 0. The first-order valence-electron chi connectivity index (χ1n) is 7.53. The molecule has 0 saturated carbocycles. The predicted molar refractivity (Wildman–Crippen MR) is 78.5 cm³/mol. The van der Waals surface area contributed by atoms with Crippen LogP contribution in [-0.2, 0) is 23.2 Å². The van der Waals surface area contributed by atoms with E-state index in [2.05, 4.69) is 38.2 Å². The van der Waals surface area contributed by atoms with Gasteiger partial charge in [0, 0.05) is 6.04 Å². The molecule has 19 heavy (non-hydrogen) atoms. The lowest BCUT2D eigenvalue weighted by molar-refractivity contribution is 0.109. The number of hydrogen-bond acceptors (Lipinski definition) is 2. The molecule has 2 heterocycles. The summed E-state index contributed by atoms with van der Waals surface area (Å²) in [6.45, 7) is 9.74. The molecule has 3 rings (SSSR count). The lowest BCUT2D eigenvalue weighted by atomic mass is 9.81. The van der Waals surface area contributed by atoms with E-state index in [-0.39, 0.29) is 5.41 Å². The predicted octanol–water partition coefficient (Wildman–Crippen LogP) is 3.48. The normalized spacial score (nSPS) is 23.4. The van der Waals surface area contributed by atoms with Gasteiger partial charge in [0.05, 0.1) is 13.2 Å². The minimum atomic E-state index is 0.223. The lowest BCUT2D eigenvalue weighted by Crippen LogP contribution is -2.22. The van der Waals surface area contributed by atoms with Crippen molar-refractivity contribution in [2.45, 2.75) is 58.1 Å². The van der Waals surface area contributed by atoms with Crippen molar-refractivity contribution in [2.75, 3.05) is 13.2 Å². The number of nitrogens with one attached hydrogen (secondary N) is 1. The van der Waals surface area contributed by atoms with E-state index in [1.165, 1.54) is 35.1 Å².